The molecule has 0 radical (unpaired) electrons. The van der Waals surface area contributed by atoms with Crippen molar-refractivity contribution < 1.29 is 14.3 Å². The molecule has 2 rings (SSSR count). The van der Waals surface area contributed by atoms with Gasteiger partial charge in [-0.1, -0.05) is 0 Å². The Labute approximate surface area is 73.9 Å². The molecule has 1 aromatic heterocycles. The normalized spacial score (nSPS) is 20.6. The van der Waals surface area contributed by atoms with Gasteiger partial charge in [-0.05, 0) is 11.4 Å². The molecule has 1 aromatic rings. The molecule has 0 bridgehead atoms. The molecule has 1 aliphatic heterocycles. The van der Waals surface area contributed by atoms with E-state index in [0.29, 0.717) is 4.88 Å². The molecule has 1 saturated heterocycles. The van der Waals surface area contributed by atoms with Crippen molar-refractivity contribution in [1.82, 2.24) is 0 Å². The fourth-order valence-corrected chi connectivity index (χ4v) is 1.92. The average molecular weight is 184 g/mol. The summed E-state index contributed by atoms with van der Waals surface area (Å²) in [6, 6.07) is 1.91. The van der Waals surface area contributed by atoms with Crippen LogP contribution in [-0.2, 0) is 9.47 Å². The number of hydrogen-bond donors (Lipinski definition) is 0. The Hall–Kier alpha value is -0.870. The van der Waals surface area contributed by atoms with Gasteiger partial charge < -0.3 is 9.47 Å². The molecule has 1 unspecified atom stereocenters. The third kappa shape index (κ3) is 1.23. The molecule has 2 heterocycles. The molecule has 0 aliphatic carbocycles. The number of methoxy groups -OCH3 is 1. The summed E-state index contributed by atoms with van der Waals surface area (Å²) in [7, 11) is 1.39. The van der Waals surface area contributed by atoms with Gasteiger partial charge in [0.15, 0.2) is 0 Å². The summed E-state index contributed by atoms with van der Waals surface area (Å²) in [5.41, 5.74) is 0.965. The van der Waals surface area contributed by atoms with Crippen LogP contribution in [-0.4, -0.2) is 19.7 Å². The predicted octanol–water partition coefficient (Wildman–Crippen LogP) is 1.61. The van der Waals surface area contributed by atoms with Gasteiger partial charge in [-0.25, -0.2) is 4.79 Å². The van der Waals surface area contributed by atoms with E-state index in [4.69, 9.17) is 4.74 Å². The highest BCUT2D eigenvalue weighted by Gasteiger charge is 2.30. The van der Waals surface area contributed by atoms with Crippen molar-refractivity contribution in [2.45, 2.75) is 6.10 Å². The molecule has 1 atom stereocenters. The number of carbonyl (C=O) groups excluding carboxylic acids is 1. The number of thiophene rings is 1. The molecule has 0 spiro atoms. The Balaban J connectivity index is 2.29. The first kappa shape index (κ1) is 7.76. The Morgan fingerprint density at radius 1 is 1.83 bits per heavy atom. The third-order valence-corrected chi connectivity index (χ3v) is 2.66. The summed E-state index contributed by atoms with van der Waals surface area (Å²) in [5, 5.41) is 1.88. The minimum absolute atomic E-state index is 0.130. The number of ether oxygens (including phenoxy) is 2. The zero-order chi connectivity index (χ0) is 8.55. The van der Waals surface area contributed by atoms with E-state index in [9.17, 15) is 4.79 Å². The molecule has 4 heteroatoms. The molecule has 12 heavy (non-hydrogen) atoms. The molecule has 1 fully saturated rings. The molecular formula is C8H8O3S. The van der Waals surface area contributed by atoms with Gasteiger partial charge in [0, 0.05) is 5.56 Å². The lowest BCUT2D eigenvalue weighted by Gasteiger charge is -1.96. The van der Waals surface area contributed by atoms with Crippen LogP contribution in [0.1, 0.15) is 21.3 Å². The molecular weight excluding hydrogens is 176 g/mol. The van der Waals surface area contributed by atoms with Gasteiger partial charge >= 0.3 is 5.97 Å². The second-order valence-corrected chi connectivity index (χ2v) is 3.43. The Morgan fingerprint density at radius 3 is 3.17 bits per heavy atom. The Bertz CT molecular complexity index is 301. The van der Waals surface area contributed by atoms with Crippen LogP contribution in [0.25, 0.3) is 0 Å². The maximum absolute atomic E-state index is 11.2. The number of rotatable bonds is 2. The van der Waals surface area contributed by atoms with E-state index in [1.807, 2.05) is 11.4 Å². The molecule has 3 nitrogen and oxygen atoms in total. The smallest absolute Gasteiger partial charge is 0.348 e. The number of esters is 1. The summed E-state index contributed by atoms with van der Waals surface area (Å²) in [5.74, 6) is -0.268. The van der Waals surface area contributed by atoms with Crippen molar-refractivity contribution >= 4 is 17.3 Å². The lowest BCUT2D eigenvalue weighted by Crippen LogP contribution is -2.01. The second-order valence-electron chi connectivity index (χ2n) is 2.52. The van der Waals surface area contributed by atoms with Crippen LogP contribution in [0.2, 0.25) is 0 Å². The van der Waals surface area contributed by atoms with Crippen molar-refractivity contribution in [2.75, 3.05) is 13.7 Å². The maximum Gasteiger partial charge on any atom is 0.348 e. The quantitative estimate of drug-likeness (QED) is 0.517. The SMILES string of the molecule is COC(=O)c1sccc1C1CO1. The molecule has 64 valence electrons. The summed E-state index contributed by atoms with van der Waals surface area (Å²) in [6.45, 7) is 0.723. The minimum Gasteiger partial charge on any atom is -0.465 e. The van der Waals surface area contributed by atoms with E-state index in [1.165, 1.54) is 18.4 Å². The first-order valence-electron chi connectivity index (χ1n) is 3.60. The minimum atomic E-state index is -0.268. The fourth-order valence-electron chi connectivity index (χ4n) is 1.06. The first-order valence-corrected chi connectivity index (χ1v) is 4.48. The average Bonchev–Trinajstić information content (AvgIpc) is 2.83. The zero-order valence-electron chi connectivity index (χ0n) is 6.57. The van der Waals surface area contributed by atoms with Crippen molar-refractivity contribution in [2.24, 2.45) is 0 Å². The summed E-state index contributed by atoms with van der Waals surface area (Å²) in [6.07, 6.45) is 0.130. The van der Waals surface area contributed by atoms with Crippen molar-refractivity contribution in [3.05, 3.63) is 21.9 Å². The van der Waals surface area contributed by atoms with Gasteiger partial charge in [0.25, 0.3) is 0 Å². The van der Waals surface area contributed by atoms with Crippen LogP contribution in [0, 0.1) is 0 Å². The summed E-state index contributed by atoms with van der Waals surface area (Å²) >= 11 is 1.40. The van der Waals surface area contributed by atoms with E-state index in [0.717, 1.165) is 12.2 Å². The maximum atomic E-state index is 11.2. The lowest BCUT2D eigenvalue weighted by atomic mass is 10.2. The largest absolute Gasteiger partial charge is 0.465 e. The summed E-state index contributed by atoms with van der Waals surface area (Å²) in [4.78, 5) is 11.8. The summed E-state index contributed by atoms with van der Waals surface area (Å²) < 4.78 is 9.72. The van der Waals surface area contributed by atoms with Crippen LogP contribution < -0.4 is 0 Å². The van der Waals surface area contributed by atoms with Gasteiger partial charge in [-0.2, -0.15) is 0 Å². The highest BCUT2D eigenvalue weighted by Crippen LogP contribution is 2.35. The molecule has 0 amide bonds. The fraction of sp³-hybridized carbons (Fsp3) is 0.375. The van der Waals surface area contributed by atoms with Crippen molar-refractivity contribution in [1.29, 1.82) is 0 Å². The predicted molar refractivity (Wildman–Crippen MR) is 44.4 cm³/mol. The van der Waals surface area contributed by atoms with Gasteiger partial charge in [0.1, 0.15) is 11.0 Å². The van der Waals surface area contributed by atoms with E-state index >= 15 is 0 Å². The Kier molecular flexibility index (Phi) is 1.86. The van der Waals surface area contributed by atoms with E-state index < -0.39 is 0 Å². The van der Waals surface area contributed by atoms with Crippen molar-refractivity contribution in [3.8, 4) is 0 Å². The zero-order valence-corrected chi connectivity index (χ0v) is 7.39. The molecule has 0 N–H and O–H groups in total. The van der Waals surface area contributed by atoms with Crippen LogP contribution in [0.4, 0.5) is 0 Å². The van der Waals surface area contributed by atoms with Gasteiger partial charge in [-0.15, -0.1) is 11.3 Å². The van der Waals surface area contributed by atoms with Gasteiger partial charge in [-0.3, -0.25) is 0 Å². The number of hydrogen-bond acceptors (Lipinski definition) is 4. The number of carbonyl (C=O) groups is 1. The highest BCUT2D eigenvalue weighted by atomic mass is 32.1. The van der Waals surface area contributed by atoms with E-state index in [-0.39, 0.29) is 12.1 Å². The van der Waals surface area contributed by atoms with E-state index in [1.54, 1.807) is 0 Å². The van der Waals surface area contributed by atoms with E-state index in [2.05, 4.69) is 4.74 Å². The number of epoxide rings is 1. The topological polar surface area (TPSA) is 38.8 Å². The standard InChI is InChI=1S/C8H8O3S/c1-10-8(9)7-5(2-3-12-7)6-4-11-6/h2-3,6H,4H2,1H3. The Morgan fingerprint density at radius 2 is 2.58 bits per heavy atom. The van der Waals surface area contributed by atoms with Crippen LogP contribution in [0.3, 0.4) is 0 Å². The second kappa shape index (κ2) is 2.88. The first-order chi connectivity index (χ1) is 5.83. The van der Waals surface area contributed by atoms with Gasteiger partial charge in [0.2, 0.25) is 0 Å². The molecule has 1 aliphatic rings. The van der Waals surface area contributed by atoms with Crippen LogP contribution in [0.5, 0.6) is 0 Å². The monoisotopic (exact) mass is 184 g/mol. The lowest BCUT2D eigenvalue weighted by molar-refractivity contribution is 0.0604. The third-order valence-electron chi connectivity index (χ3n) is 1.75. The van der Waals surface area contributed by atoms with Crippen LogP contribution in [0.15, 0.2) is 11.4 Å². The molecule has 0 saturated carbocycles. The van der Waals surface area contributed by atoms with Crippen molar-refractivity contribution in [3.63, 3.8) is 0 Å². The van der Waals surface area contributed by atoms with Crippen LogP contribution >= 0.6 is 11.3 Å². The van der Waals surface area contributed by atoms with Gasteiger partial charge in [0.05, 0.1) is 13.7 Å². The highest BCUT2D eigenvalue weighted by molar-refractivity contribution is 7.12. The molecule has 0 aromatic carbocycles.